The van der Waals surface area contributed by atoms with Crippen LogP contribution in [0.25, 0.3) is 49.7 Å². The van der Waals surface area contributed by atoms with E-state index in [9.17, 15) is 0 Å². The van der Waals surface area contributed by atoms with Crippen molar-refractivity contribution in [3.63, 3.8) is 0 Å². The van der Waals surface area contributed by atoms with Gasteiger partial charge in [0.2, 0.25) is 0 Å². The summed E-state index contributed by atoms with van der Waals surface area (Å²) < 4.78 is 9.53. The van der Waals surface area contributed by atoms with Crippen molar-refractivity contribution in [1.29, 1.82) is 0 Å². The first-order valence-corrected chi connectivity index (χ1v) is 21.4. The Morgan fingerprint density at radius 3 is 2.18 bits per heavy atom. The zero-order chi connectivity index (χ0) is 41.6. The number of imidazole rings is 1. The van der Waals surface area contributed by atoms with Gasteiger partial charge in [0, 0.05) is 56.4 Å². The lowest BCUT2D eigenvalue weighted by Gasteiger charge is -2.46. The van der Waals surface area contributed by atoms with Crippen LogP contribution in [-0.4, -0.2) is 21.4 Å². The van der Waals surface area contributed by atoms with Crippen LogP contribution in [0, 0.1) is 0 Å². The molecule has 0 aliphatic carbocycles. The Hall–Kier alpha value is -6.86. The fourth-order valence-electron chi connectivity index (χ4n) is 10.5. The largest absolute Gasteiger partial charge is 0.457 e. The SMILES string of the molecule is CC(C)(C)c1cc(Oc2ccc3c(c2)c2nc(-c4ccccc4)c4n2c2c(cccc32)C(C)(C)C4(C)C)cc(N2B3c4ccccc4-c4ccccc4N3c3cccnc32)c1. The highest BCUT2D eigenvalue weighted by atomic mass is 16.5. The van der Waals surface area contributed by atoms with Crippen LogP contribution < -0.4 is 19.8 Å². The van der Waals surface area contributed by atoms with Crippen LogP contribution >= 0.6 is 0 Å². The van der Waals surface area contributed by atoms with Crippen molar-refractivity contribution in [3.8, 4) is 33.9 Å². The van der Waals surface area contributed by atoms with Crippen molar-refractivity contribution in [2.45, 2.75) is 64.7 Å². The van der Waals surface area contributed by atoms with Crippen LogP contribution in [0.5, 0.6) is 11.5 Å². The second kappa shape index (κ2) is 12.4. The molecule has 0 radical (unpaired) electrons. The highest BCUT2D eigenvalue weighted by molar-refractivity contribution is 6.86. The molecule has 3 aliphatic heterocycles. The summed E-state index contributed by atoms with van der Waals surface area (Å²) in [6.07, 6.45) is 1.90. The molecule has 61 heavy (non-hydrogen) atoms. The number of aromatic nitrogens is 3. The molecule has 3 aliphatic rings. The van der Waals surface area contributed by atoms with E-state index in [1.807, 2.05) is 12.3 Å². The Bertz CT molecular complexity index is 3310. The molecule has 0 bridgehead atoms. The molecular weight excluding hydrogens is 745 g/mol. The van der Waals surface area contributed by atoms with E-state index in [0.29, 0.717) is 0 Å². The maximum absolute atomic E-state index is 7.07. The van der Waals surface area contributed by atoms with Crippen molar-refractivity contribution >= 4 is 62.6 Å². The molecule has 0 saturated heterocycles. The first-order chi connectivity index (χ1) is 29.4. The molecule has 6 heterocycles. The van der Waals surface area contributed by atoms with Crippen molar-refractivity contribution in [2.75, 3.05) is 9.62 Å². The van der Waals surface area contributed by atoms with Crippen LogP contribution in [0.2, 0.25) is 0 Å². The number of anilines is 4. The maximum Gasteiger partial charge on any atom is 0.422 e. The van der Waals surface area contributed by atoms with Crippen LogP contribution in [0.4, 0.5) is 22.9 Å². The standard InChI is InChI=1S/C54H46BN5O/c1-52(2,3)34-29-35(59-51-46(25-16-28-56-51)60-45-24-14-12-20-40(45)39-19-11-13-23-44(39)55(59)60)31-37(30-34)61-36-26-27-38-41-21-15-22-43-48(41)58-49(54(6,7)53(43,4)5)47(33-17-9-8-10-18-33)57-50(58)42(38)32-36/h8-32H,1-7H3. The number of hydrogen-bond acceptors (Lipinski definition) is 5. The van der Waals surface area contributed by atoms with Crippen LogP contribution in [0.15, 0.2) is 152 Å². The van der Waals surface area contributed by atoms with Crippen molar-refractivity contribution in [3.05, 3.63) is 169 Å². The number of benzene rings is 6. The first-order valence-electron chi connectivity index (χ1n) is 21.4. The lowest BCUT2D eigenvalue weighted by Crippen LogP contribution is -2.55. The molecular formula is C54H46BN5O. The van der Waals surface area contributed by atoms with E-state index in [1.165, 1.54) is 55.4 Å². The minimum Gasteiger partial charge on any atom is -0.457 e. The highest BCUT2D eigenvalue weighted by Crippen LogP contribution is 2.55. The lowest BCUT2D eigenvalue weighted by atomic mass is 9.59. The fourth-order valence-corrected chi connectivity index (χ4v) is 10.5. The zero-order valence-electron chi connectivity index (χ0n) is 35.7. The lowest BCUT2D eigenvalue weighted by molar-refractivity contribution is 0.289. The van der Waals surface area contributed by atoms with Crippen molar-refractivity contribution < 1.29 is 4.74 Å². The summed E-state index contributed by atoms with van der Waals surface area (Å²) in [6.45, 7) is 16.2. The monoisotopic (exact) mass is 791 g/mol. The third-order valence-corrected chi connectivity index (χ3v) is 14.2. The topological polar surface area (TPSA) is 45.9 Å². The van der Waals surface area contributed by atoms with Gasteiger partial charge in [-0.2, -0.15) is 0 Å². The summed E-state index contributed by atoms with van der Waals surface area (Å²) in [6, 6.07) is 52.5. The normalized spacial score (nSPS) is 15.6. The van der Waals surface area contributed by atoms with E-state index in [0.717, 1.165) is 51.0 Å². The van der Waals surface area contributed by atoms with Gasteiger partial charge in [0.05, 0.1) is 22.6 Å². The Morgan fingerprint density at radius 1 is 0.607 bits per heavy atom. The van der Waals surface area contributed by atoms with Crippen LogP contribution in [0.1, 0.15) is 65.3 Å². The van der Waals surface area contributed by atoms with E-state index in [4.69, 9.17) is 14.7 Å². The molecule has 0 N–H and O–H groups in total. The fraction of sp³-hybridized carbons (Fsp3) is 0.185. The Morgan fingerprint density at radius 2 is 1.36 bits per heavy atom. The average molecular weight is 792 g/mol. The number of fused-ring (bicyclic) bond motifs is 11. The summed E-state index contributed by atoms with van der Waals surface area (Å²) >= 11 is 0. The second-order valence-corrected chi connectivity index (χ2v) is 19.1. The molecule has 6 aromatic carbocycles. The van der Waals surface area contributed by atoms with Crippen LogP contribution in [-0.2, 0) is 16.2 Å². The molecule has 0 unspecified atom stereocenters. The van der Waals surface area contributed by atoms with Gasteiger partial charge in [-0.15, -0.1) is 0 Å². The number of rotatable bonds is 4. The summed E-state index contributed by atoms with van der Waals surface area (Å²) in [7, 11) is 0. The van der Waals surface area contributed by atoms with Gasteiger partial charge >= 0.3 is 6.98 Å². The van der Waals surface area contributed by atoms with Crippen molar-refractivity contribution in [2.24, 2.45) is 0 Å². The van der Waals surface area contributed by atoms with Gasteiger partial charge in [-0.3, -0.25) is 4.40 Å². The number of nitrogens with zero attached hydrogens (tertiary/aromatic N) is 5. The molecule has 296 valence electrons. The zero-order valence-corrected chi connectivity index (χ0v) is 35.7. The Balaban J connectivity index is 1.05. The predicted octanol–water partition coefficient (Wildman–Crippen LogP) is 13.0. The molecule has 0 spiro atoms. The van der Waals surface area contributed by atoms with E-state index in [1.54, 1.807) is 0 Å². The number of ether oxygens (including phenoxy) is 1. The van der Waals surface area contributed by atoms with Crippen LogP contribution in [0.3, 0.4) is 0 Å². The molecule has 0 amide bonds. The predicted molar refractivity (Wildman–Crippen MR) is 253 cm³/mol. The summed E-state index contributed by atoms with van der Waals surface area (Å²) in [5, 5.41) is 3.46. The van der Waals surface area contributed by atoms with Gasteiger partial charge in [0.15, 0.2) is 0 Å². The quantitative estimate of drug-likeness (QED) is 0.131. The van der Waals surface area contributed by atoms with E-state index in [2.05, 4.69) is 202 Å². The smallest absolute Gasteiger partial charge is 0.422 e. The summed E-state index contributed by atoms with van der Waals surface area (Å²) in [5.74, 6) is 2.47. The summed E-state index contributed by atoms with van der Waals surface area (Å²) in [5.41, 5.74) is 14.6. The Labute approximate surface area is 357 Å². The third-order valence-electron chi connectivity index (χ3n) is 14.2. The first kappa shape index (κ1) is 36.0. The average Bonchev–Trinajstić information content (AvgIpc) is 3.85. The van der Waals surface area contributed by atoms with Gasteiger partial charge in [-0.1, -0.05) is 139 Å². The number of pyridine rings is 2. The minimum absolute atomic E-state index is 0.132. The molecule has 0 atom stereocenters. The summed E-state index contributed by atoms with van der Waals surface area (Å²) in [4.78, 5) is 15.5. The molecule has 0 saturated carbocycles. The molecule has 6 nitrogen and oxygen atoms in total. The Kier molecular flexibility index (Phi) is 7.30. The van der Waals surface area contributed by atoms with E-state index in [-0.39, 0.29) is 23.2 Å². The van der Waals surface area contributed by atoms with Gasteiger partial charge in [-0.05, 0) is 81.5 Å². The third kappa shape index (κ3) is 4.92. The van der Waals surface area contributed by atoms with E-state index < -0.39 is 0 Å². The number of hydrogen-bond donors (Lipinski definition) is 0. The minimum atomic E-state index is -0.218. The highest BCUT2D eigenvalue weighted by Gasteiger charge is 2.50. The number of para-hydroxylation sites is 2. The van der Waals surface area contributed by atoms with Crippen molar-refractivity contribution in [1.82, 2.24) is 14.4 Å². The second-order valence-electron chi connectivity index (χ2n) is 19.1. The van der Waals surface area contributed by atoms with Gasteiger partial charge in [0.1, 0.15) is 23.0 Å². The maximum atomic E-state index is 7.07. The molecule has 12 rings (SSSR count). The van der Waals surface area contributed by atoms with Gasteiger partial charge in [0.25, 0.3) is 0 Å². The molecule has 7 heteroatoms. The van der Waals surface area contributed by atoms with Gasteiger partial charge < -0.3 is 14.4 Å². The van der Waals surface area contributed by atoms with E-state index >= 15 is 0 Å². The molecule has 3 aromatic heterocycles. The van der Waals surface area contributed by atoms with Gasteiger partial charge in [-0.25, -0.2) is 9.97 Å². The molecule has 0 fully saturated rings. The molecule has 9 aromatic rings.